The lowest BCUT2D eigenvalue weighted by molar-refractivity contribution is 0.0697. The first kappa shape index (κ1) is 19.2. The van der Waals surface area contributed by atoms with Crippen molar-refractivity contribution in [2.75, 3.05) is 17.7 Å². The second-order valence-corrected chi connectivity index (χ2v) is 7.28. The lowest BCUT2D eigenvalue weighted by Crippen LogP contribution is -2.38. The van der Waals surface area contributed by atoms with Crippen molar-refractivity contribution in [3.05, 3.63) is 59.1 Å². The summed E-state index contributed by atoms with van der Waals surface area (Å²) in [7, 11) is 1.85. The Hall–Kier alpha value is -2.53. The van der Waals surface area contributed by atoms with Crippen LogP contribution in [0, 0.1) is 0 Å². The van der Waals surface area contributed by atoms with Crippen molar-refractivity contribution in [1.29, 1.82) is 0 Å². The van der Waals surface area contributed by atoms with Gasteiger partial charge in [0.1, 0.15) is 0 Å². The number of carbonyl (C=O) groups is 2. The van der Waals surface area contributed by atoms with Crippen molar-refractivity contribution in [3.63, 3.8) is 0 Å². The van der Waals surface area contributed by atoms with Gasteiger partial charge >= 0.3 is 6.03 Å². The Kier molecular flexibility index (Phi) is 6.35. The highest BCUT2D eigenvalue weighted by Crippen LogP contribution is 2.25. The molecule has 2 aromatic rings. The summed E-state index contributed by atoms with van der Waals surface area (Å²) >= 11 is 5.86. The van der Waals surface area contributed by atoms with Crippen molar-refractivity contribution in [2.45, 2.75) is 38.1 Å². The summed E-state index contributed by atoms with van der Waals surface area (Å²) in [6.07, 6.45) is 5.63. The minimum atomic E-state index is -0.405. The van der Waals surface area contributed by atoms with Crippen LogP contribution in [0.3, 0.4) is 0 Å². The molecule has 1 saturated carbocycles. The van der Waals surface area contributed by atoms with Gasteiger partial charge in [-0.15, -0.1) is 0 Å². The van der Waals surface area contributed by atoms with E-state index in [1.807, 2.05) is 18.0 Å². The molecule has 0 saturated heterocycles. The lowest BCUT2D eigenvalue weighted by Gasteiger charge is -2.31. The first-order chi connectivity index (χ1) is 13.0. The molecule has 3 rings (SSSR count). The zero-order valence-corrected chi connectivity index (χ0v) is 16.1. The molecule has 5 nitrogen and oxygen atoms in total. The summed E-state index contributed by atoms with van der Waals surface area (Å²) in [5.74, 6) is -0.0655. The maximum absolute atomic E-state index is 13.0. The maximum atomic E-state index is 13.0. The van der Waals surface area contributed by atoms with Crippen LogP contribution in [0.25, 0.3) is 0 Å². The van der Waals surface area contributed by atoms with Gasteiger partial charge in [-0.2, -0.15) is 0 Å². The Morgan fingerprint density at radius 2 is 1.63 bits per heavy atom. The molecule has 1 aliphatic carbocycles. The van der Waals surface area contributed by atoms with Crippen molar-refractivity contribution in [2.24, 2.45) is 0 Å². The Balaban J connectivity index is 1.70. The van der Waals surface area contributed by atoms with Crippen LogP contribution in [0.5, 0.6) is 0 Å². The van der Waals surface area contributed by atoms with Crippen LogP contribution in [-0.4, -0.2) is 29.9 Å². The molecule has 0 radical (unpaired) electrons. The molecule has 2 aromatic carbocycles. The molecule has 0 heterocycles. The van der Waals surface area contributed by atoms with E-state index < -0.39 is 6.03 Å². The van der Waals surface area contributed by atoms with Crippen LogP contribution < -0.4 is 10.6 Å². The van der Waals surface area contributed by atoms with E-state index in [1.54, 1.807) is 42.5 Å². The molecule has 0 atom stereocenters. The third kappa shape index (κ3) is 5.01. The molecule has 0 aliphatic heterocycles. The topological polar surface area (TPSA) is 61.4 Å². The van der Waals surface area contributed by atoms with Gasteiger partial charge in [-0.05, 0) is 49.2 Å². The predicted octanol–water partition coefficient (Wildman–Crippen LogP) is 5.39. The summed E-state index contributed by atoms with van der Waals surface area (Å²) in [5.41, 5.74) is 1.62. The third-order valence-corrected chi connectivity index (χ3v) is 5.20. The molecular weight excluding hydrogens is 362 g/mol. The normalized spacial score (nSPS) is 14.4. The van der Waals surface area contributed by atoms with Gasteiger partial charge in [0, 0.05) is 23.8 Å². The largest absolute Gasteiger partial charge is 0.339 e. The number of amides is 3. The summed E-state index contributed by atoms with van der Waals surface area (Å²) in [4.78, 5) is 27.1. The quantitative estimate of drug-likeness (QED) is 0.741. The summed E-state index contributed by atoms with van der Waals surface area (Å²) in [5, 5.41) is 6.12. The van der Waals surface area contributed by atoms with Crippen LogP contribution in [0.1, 0.15) is 42.5 Å². The van der Waals surface area contributed by atoms with Crippen molar-refractivity contribution >= 4 is 34.9 Å². The van der Waals surface area contributed by atoms with Crippen LogP contribution >= 0.6 is 11.6 Å². The number of rotatable bonds is 4. The van der Waals surface area contributed by atoms with Crippen molar-refractivity contribution in [1.82, 2.24) is 4.90 Å². The summed E-state index contributed by atoms with van der Waals surface area (Å²) in [6, 6.07) is 13.8. The van der Waals surface area contributed by atoms with Gasteiger partial charge in [-0.1, -0.05) is 43.0 Å². The van der Waals surface area contributed by atoms with Gasteiger partial charge in [0.05, 0.1) is 11.3 Å². The molecule has 6 heteroatoms. The van der Waals surface area contributed by atoms with Gasteiger partial charge in [0.25, 0.3) is 5.91 Å². The fourth-order valence-electron chi connectivity index (χ4n) is 3.42. The average Bonchev–Trinajstić information content (AvgIpc) is 2.70. The van der Waals surface area contributed by atoms with Gasteiger partial charge < -0.3 is 15.5 Å². The first-order valence-corrected chi connectivity index (χ1v) is 9.62. The molecule has 0 aromatic heterocycles. The Labute approximate surface area is 164 Å². The number of carbonyl (C=O) groups excluding carboxylic acids is 2. The second kappa shape index (κ2) is 8.91. The fraction of sp³-hybridized carbons (Fsp3) is 0.333. The Morgan fingerprint density at radius 3 is 2.33 bits per heavy atom. The zero-order chi connectivity index (χ0) is 19.2. The standard InChI is InChI=1S/C21H24ClN3O2/c1-25(17-7-3-2-4-8-17)20(26)18-9-5-6-10-19(18)24-21(27)23-16-13-11-15(22)12-14-16/h5-6,9-14,17H,2-4,7-8H2,1H3,(H2,23,24,27). The van der Waals surface area contributed by atoms with Gasteiger partial charge in [-0.25, -0.2) is 4.79 Å². The minimum absolute atomic E-state index is 0.0655. The Morgan fingerprint density at radius 1 is 0.963 bits per heavy atom. The number of halogens is 1. The van der Waals surface area contributed by atoms with E-state index in [2.05, 4.69) is 10.6 Å². The number of anilines is 2. The van der Waals surface area contributed by atoms with E-state index in [-0.39, 0.29) is 11.9 Å². The van der Waals surface area contributed by atoms with Crippen LogP contribution in [0.4, 0.5) is 16.2 Å². The van der Waals surface area contributed by atoms with Gasteiger partial charge in [0.2, 0.25) is 0 Å². The number of urea groups is 1. The number of nitrogens with zero attached hydrogens (tertiary/aromatic N) is 1. The van der Waals surface area contributed by atoms with Gasteiger partial charge in [-0.3, -0.25) is 4.79 Å². The number of benzene rings is 2. The molecule has 1 fully saturated rings. The van der Waals surface area contributed by atoms with Crippen molar-refractivity contribution in [3.8, 4) is 0 Å². The molecule has 0 bridgehead atoms. The highest BCUT2D eigenvalue weighted by atomic mass is 35.5. The fourth-order valence-corrected chi connectivity index (χ4v) is 3.55. The monoisotopic (exact) mass is 385 g/mol. The lowest BCUT2D eigenvalue weighted by atomic mass is 9.94. The van der Waals surface area contributed by atoms with E-state index in [4.69, 9.17) is 11.6 Å². The number of para-hydroxylation sites is 1. The minimum Gasteiger partial charge on any atom is -0.339 e. The van der Waals surface area contributed by atoms with Crippen molar-refractivity contribution < 1.29 is 9.59 Å². The van der Waals surface area contributed by atoms with E-state index in [9.17, 15) is 9.59 Å². The number of hydrogen-bond donors (Lipinski definition) is 2. The average molecular weight is 386 g/mol. The van der Waals surface area contributed by atoms with Crippen LogP contribution in [0.15, 0.2) is 48.5 Å². The van der Waals surface area contributed by atoms with E-state index in [1.165, 1.54) is 6.42 Å². The molecule has 3 amide bonds. The SMILES string of the molecule is CN(C(=O)c1ccccc1NC(=O)Nc1ccc(Cl)cc1)C1CCCCC1. The van der Waals surface area contributed by atoms with E-state index >= 15 is 0 Å². The summed E-state index contributed by atoms with van der Waals surface area (Å²) in [6.45, 7) is 0. The molecular formula is C21H24ClN3O2. The van der Waals surface area contributed by atoms with E-state index in [0.717, 1.165) is 25.7 Å². The molecule has 0 unspecified atom stereocenters. The van der Waals surface area contributed by atoms with Gasteiger partial charge in [0.15, 0.2) is 0 Å². The zero-order valence-electron chi connectivity index (χ0n) is 15.4. The first-order valence-electron chi connectivity index (χ1n) is 9.24. The number of nitrogens with one attached hydrogen (secondary N) is 2. The number of hydrogen-bond acceptors (Lipinski definition) is 2. The highest BCUT2D eigenvalue weighted by molar-refractivity contribution is 6.30. The highest BCUT2D eigenvalue weighted by Gasteiger charge is 2.24. The smallest absolute Gasteiger partial charge is 0.323 e. The summed E-state index contributed by atoms with van der Waals surface area (Å²) < 4.78 is 0. The third-order valence-electron chi connectivity index (χ3n) is 4.95. The van der Waals surface area contributed by atoms with E-state index in [0.29, 0.717) is 22.0 Å². The Bertz CT molecular complexity index is 801. The predicted molar refractivity (Wildman–Crippen MR) is 110 cm³/mol. The van der Waals surface area contributed by atoms with Crippen LogP contribution in [-0.2, 0) is 0 Å². The maximum Gasteiger partial charge on any atom is 0.323 e. The molecule has 2 N–H and O–H groups in total. The molecule has 0 spiro atoms. The molecule has 1 aliphatic rings. The second-order valence-electron chi connectivity index (χ2n) is 6.84. The van der Waals surface area contributed by atoms with Crippen LogP contribution in [0.2, 0.25) is 5.02 Å². The molecule has 27 heavy (non-hydrogen) atoms. The molecule has 142 valence electrons.